The zero-order chi connectivity index (χ0) is 12.0. The number of nitrogens with one attached hydrogen (secondary N) is 1. The molecule has 1 heterocycles. The van der Waals surface area contributed by atoms with Crippen LogP contribution in [0.1, 0.15) is 53.4 Å². The second-order valence-electron chi connectivity index (χ2n) is 5.85. The molecule has 0 amide bonds. The van der Waals surface area contributed by atoms with E-state index in [0.29, 0.717) is 5.54 Å². The SMILES string of the molecule is CCCCC(CC)CN1CCNCC1(C)C. The number of hydrogen-bond donors (Lipinski definition) is 1. The van der Waals surface area contributed by atoms with E-state index in [-0.39, 0.29) is 0 Å². The van der Waals surface area contributed by atoms with Crippen molar-refractivity contribution in [1.82, 2.24) is 10.2 Å². The molecule has 96 valence electrons. The van der Waals surface area contributed by atoms with Crippen LogP contribution in [0.5, 0.6) is 0 Å². The van der Waals surface area contributed by atoms with Crippen LogP contribution in [0.2, 0.25) is 0 Å². The predicted octanol–water partition coefficient (Wildman–Crippen LogP) is 2.89. The van der Waals surface area contributed by atoms with Gasteiger partial charge >= 0.3 is 0 Å². The normalized spacial score (nSPS) is 23.2. The van der Waals surface area contributed by atoms with Gasteiger partial charge in [0.25, 0.3) is 0 Å². The predicted molar refractivity (Wildman–Crippen MR) is 71.8 cm³/mol. The first-order valence-corrected chi connectivity index (χ1v) is 7.06. The lowest BCUT2D eigenvalue weighted by molar-refractivity contribution is 0.0697. The van der Waals surface area contributed by atoms with Crippen LogP contribution in [0.3, 0.4) is 0 Å². The molecular formula is C14H30N2. The maximum Gasteiger partial charge on any atom is 0.0278 e. The van der Waals surface area contributed by atoms with Crippen molar-refractivity contribution in [3.8, 4) is 0 Å². The number of nitrogens with zero attached hydrogens (tertiary/aromatic N) is 1. The van der Waals surface area contributed by atoms with Crippen LogP contribution in [-0.2, 0) is 0 Å². The number of rotatable bonds is 6. The Hall–Kier alpha value is -0.0800. The number of unbranched alkanes of at least 4 members (excludes halogenated alkanes) is 1. The molecule has 1 atom stereocenters. The highest BCUT2D eigenvalue weighted by Gasteiger charge is 2.30. The van der Waals surface area contributed by atoms with E-state index in [2.05, 4.69) is 37.9 Å². The van der Waals surface area contributed by atoms with E-state index < -0.39 is 0 Å². The first kappa shape index (κ1) is 14.0. The Kier molecular flexibility index (Phi) is 5.77. The molecule has 0 saturated carbocycles. The lowest BCUT2D eigenvalue weighted by Gasteiger charge is -2.44. The molecule has 0 aliphatic carbocycles. The summed E-state index contributed by atoms with van der Waals surface area (Å²) in [5, 5.41) is 3.50. The number of piperazine rings is 1. The van der Waals surface area contributed by atoms with Crippen LogP contribution in [0, 0.1) is 5.92 Å². The second-order valence-corrected chi connectivity index (χ2v) is 5.85. The minimum absolute atomic E-state index is 0.345. The molecule has 1 fully saturated rings. The molecule has 1 aliphatic rings. The molecule has 2 heteroatoms. The summed E-state index contributed by atoms with van der Waals surface area (Å²) >= 11 is 0. The second kappa shape index (κ2) is 6.61. The molecule has 0 spiro atoms. The summed E-state index contributed by atoms with van der Waals surface area (Å²) in [6.07, 6.45) is 5.47. The zero-order valence-electron chi connectivity index (χ0n) is 11.7. The summed E-state index contributed by atoms with van der Waals surface area (Å²) < 4.78 is 0. The Morgan fingerprint density at radius 1 is 1.31 bits per heavy atom. The van der Waals surface area contributed by atoms with Crippen LogP contribution in [0.15, 0.2) is 0 Å². The van der Waals surface area contributed by atoms with Crippen molar-refractivity contribution in [3.63, 3.8) is 0 Å². The van der Waals surface area contributed by atoms with Crippen molar-refractivity contribution in [2.45, 2.75) is 58.9 Å². The molecular weight excluding hydrogens is 196 g/mol. The highest BCUT2D eigenvalue weighted by molar-refractivity contribution is 4.89. The van der Waals surface area contributed by atoms with Crippen LogP contribution < -0.4 is 5.32 Å². The third-order valence-corrected chi connectivity index (χ3v) is 3.99. The fourth-order valence-corrected chi connectivity index (χ4v) is 2.59. The Morgan fingerprint density at radius 3 is 2.62 bits per heavy atom. The maximum absolute atomic E-state index is 3.50. The van der Waals surface area contributed by atoms with E-state index in [1.165, 1.54) is 38.8 Å². The van der Waals surface area contributed by atoms with Crippen molar-refractivity contribution < 1.29 is 0 Å². The van der Waals surface area contributed by atoms with Gasteiger partial charge in [0.2, 0.25) is 0 Å². The van der Waals surface area contributed by atoms with Gasteiger partial charge in [0, 0.05) is 31.7 Å². The van der Waals surface area contributed by atoms with Gasteiger partial charge in [-0.2, -0.15) is 0 Å². The van der Waals surface area contributed by atoms with E-state index in [1.807, 2.05) is 0 Å². The lowest BCUT2D eigenvalue weighted by Crippen LogP contribution is -2.58. The van der Waals surface area contributed by atoms with Crippen LogP contribution in [0.25, 0.3) is 0 Å². The van der Waals surface area contributed by atoms with Crippen molar-refractivity contribution >= 4 is 0 Å². The minimum Gasteiger partial charge on any atom is -0.314 e. The standard InChI is InChI=1S/C14H30N2/c1-5-7-8-13(6-2)11-16-10-9-15-12-14(16,3)4/h13,15H,5-12H2,1-4H3. The summed E-state index contributed by atoms with van der Waals surface area (Å²) in [6, 6.07) is 0. The molecule has 1 rings (SSSR count). The largest absolute Gasteiger partial charge is 0.314 e. The van der Waals surface area contributed by atoms with Gasteiger partial charge in [0.1, 0.15) is 0 Å². The summed E-state index contributed by atoms with van der Waals surface area (Å²) in [6.45, 7) is 14.2. The Balaban J connectivity index is 2.42. The molecule has 16 heavy (non-hydrogen) atoms. The molecule has 1 saturated heterocycles. The van der Waals surface area contributed by atoms with Gasteiger partial charge in [0.15, 0.2) is 0 Å². The molecule has 1 aliphatic heterocycles. The van der Waals surface area contributed by atoms with Crippen LogP contribution in [0.4, 0.5) is 0 Å². The van der Waals surface area contributed by atoms with E-state index in [1.54, 1.807) is 0 Å². The van der Waals surface area contributed by atoms with Gasteiger partial charge in [-0.15, -0.1) is 0 Å². The first-order valence-electron chi connectivity index (χ1n) is 7.06. The summed E-state index contributed by atoms with van der Waals surface area (Å²) in [4.78, 5) is 2.69. The van der Waals surface area contributed by atoms with Crippen LogP contribution >= 0.6 is 0 Å². The molecule has 0 radical (unpaired) electrons. The monoisotopic (exact) mass is 226 g/mol. The molecule has 0 aromatic heterocycles. The van der Waals surface area contributed by atoms with Gasteiger partial charge in [0.05, 0.1) is 0 Å². The quantitative estimate of drug-likeness (QED) is 0.749. The van der Waals surface area contributed by atoms with Crippen molar-refractivity contribution in [1.29, 1.82) is 0 Å². The minimum atomic E-state index is 0.345. The summed E-state index contributed by atoms with van der Waals surface area (Å²) in [7, 11) is 0. The van der Waals surface area contributed by atoms with Gasteiger partial charge in [-0.25, -0.2) is 0 Å². The van der Waals surface area contributed by atoms with E-state index in [9.17, 15) is 0 Å². The zero-order valence-corrected chi connectivity index (χ0v) is 11.7. The average molecular weight is 226 g/mol. The van der Waals surface area contributed by atoms with E-state index in [0.717, 1.165) is 19.0 Å². The third kappa shape index (κ3) is 4.06. The van der Waals surface area contributed by atoms with Gasteiger partial charge < -0.3 is 5.32 Å². The Labute approximate surface area is 102 Å². The molecule has 1 N–H and O–H groups in total. The van der Waals surface area contributed by atoms with Crippen molar-refractivity contribution in [3.05, 3.63) is 0 Å². The third-order valence-electron chi connectivity index (χ3n) is 3.99. The highest BCUT2D eigenvalue weighted by atomic mass is 15.2. The summed E-state index contributed by atoms with van der Waals surface area (Å²) in [5.74, 6) is 0.900. The van der Waals surface area contributed by atoms with Crippen molar-refractivity contribution in [2.75, 3.05) is 26.2 Å². The van der Waals surface area contributed by atoms with E-state index >= 15 is 0 Å². The Morgan fingerprint density at radius 2 is 2.06 bits per heavy atom. The van der Waals surface area contributed by atoms with Gasteiger partial charge in [-0.05, 0) is 26.2 Å². The highest BCUT2D eigenvalue weighted by Crippen LogP contribution is 2.21. The smallest absolute Gasteiger partial charge is 0.0278 e. The molecule has 0 aromatic carbocycles. The summed E-state index contributed by atoms with van der Waals surface area (Å²) in [5.41, 5.74) is 0.345. The van der Waals surface area contributed by atoms with Gasteiger partial charge in [-0.3, -0.25) is 4.90 Å². The average Bonchev–Trinajstić information content (AvgIpc) is 2.26. The van der Waals surface area contributed by atoms with E-state index in [4.69, 9.17) is 0 Å². The first-order chi connectivity index (χ1) is 7.60. The molecule has 1 unspecified atom stereocenters. The maximum atomic E-state index is 3.50. The molecule has 2 nitrogen and oxygen atoms in total. The lowest BCUT2D eigenvalue weighted by atomic mass is 9.94. The Bertz CT molecular complexity index is 189. The number of hydrogen-bond acceptors (Lipinski definition) is 2. The topological polar surface area (TPSA) is 15.3 Å². The van der Waals surface area contributed by atoms with Gasteiger partial charge in [-0.1, -0.05) is 33.1 Å². The fraction of sp³-hybridized carbons (Fsp3) is 1.00. The fourth-order valence-electron chi connectivity index (χ4n) is 2.59. The molecule has 0 bridgehead atoms. The van der Waals surface area contributed by atoms with Crippen LogP contribution in [-0.4, -0.2) is 36.6 Å². The van der Waals surface area contributed by atoms with Crippen molar-refractivity contribution in [2.24, 2.45) is 5.92 Å². The molecule has 0 aromatic rings.